The van der Waals surface area contributed by atoms with Gasteiger partial charge in [-0.1, -0.05) is 37.3 Å². The van der Waals surface area contributed by atoms with E-state index < -0.39 is 28.0 Å². The van der Waals surface area contributed by atoms with Crippen LogP contribution in [0.1, 0.15) is 37.3 Å². The second-order valence-electron chi connectivity index (χ2n) is 7.06. The van der Waals surface area contributed by atoms with Crippen molar-refractivity contribution in [3.63, 3.8) is 0 Å². The van der Waals surface area contributed by atoms with Crippen LogP contribution in [0.25, 0.3) is 0 Å². The summed E-state index contributed by atoms with van der Waals surface area (Å²) in [4.78, 5) is 45.4. The molecule has 2 heterocycles. The number of hydrogen-bond acceptors (Lipinski definition) is 7. The smallest absolute Gasteiger partial charge is 0.303 e. The van der Waals surface area contributed by atoms with E-state index in [1.54, 1.807) is 6.92 Å². The van der Waals surface area contributed by atoms with Crippen molar-refractivity contribution in [3.05, 3.63) is 41.5 Å². The fourth-order valence-corrected chi connectivity index (χ4v) is 4.98. The minimum atomic E-state index is -3.38. The molecule has 1 atom stereocenters. The van der Waals surface area contributed by atoms with Gasteiger partial charge in [0.25, 0.3) is 5.91 Å². The summed E-state index contributed by atoms with van der Waals surface area (Å²) in [5.74, 6) is -1.90. The van der Waals surface area contributed by atoms with Gasteiger partial charge in [0.15, 0.2) is 0 Å². The second-order valence-corrected chi connectivity index (χ2v) is 9.30. The molecule has 0 fully saturated rings. The molecule has 0 aliphatic carbocycles. The van der Waals surface area contributed by atoms with Crippen molar-refractivity contribution in [1.82, 2.24) is 9.97 Å². The van der Waals surface area contributed by atoms with Gasteiger partial charge in [-0.15, -0.1) is 0 Å². The summed E-state index contributed by atoms with van der Waals surface area (Å²) in [5.41, 5.74) is 7.38. The number of benzene rings is 1. The van der Waals surface area contributed by atoms with E-state index in [0.717, 1.165) is 5.56 Å². The lowest BCUT2D eigenvalue weighted by Gasteiger charge is -2.18. The zero-order valence-corrected chi connectivity index (χ0v) is 17.8. The van der Waals surface area contributed by atoms with Gasteiger partial charge in [0, 0.05) is 17.7 Å². The van der Waals surface area contributed by atoms with E-state index in [2.05, 4.69) is 14.3 Å². The largest absolute Gasteiger partial charge is 0.481 e. The fraction of sp³-hybridized carbons (Fsp3) is 0.350. The number of fused-ring (bicyclic) bond motifs is 1. The number of nitrogens with zero attached hydrogens (tertiary/aromatic N) is 4. The standard InChI is InChI=1S/C20H23N5O5S/c1-2-10-31(30,24-15(26)8-9-17(28)29)20-22-18(21)14-11-16(27)25(19(14)23-20)12-13-6-4-3-5-7-13/h3-7H,2,8-12H2,1H3,(H,28,29)(H2,21,22,23). The predicted octanol–water partition coefficient (Wildman–Crippen LogP) is 1.78. The van der Waals surface area contributed by atoms with Crippen LogP contribution >= 0.6 is 0 Å². The summed E-state index contributed by atoms with van der Waals surface area (Å²) < 4.78 is 17.3. The van der Waals surface area contributed by atoms with Crippen LogP contribution in [0.3, 0.4) is 0 Å². The molecule has 3 N–H and O–H groups in total. The minimum absolute atomic E-state index is 0.00330. The summed E-state index contributed by atoms with van der Waals surface area (Å²) in [6.07, 6.45) is -0.356. The number of carbonyl (C=O) groups excluding carboxylic acids is 2. The third-order valence-electron chi connectivity index (χ3n) is 4.63. The first-order chi connectivity index (χ1) is 14.7. The van der Waals surface area contributed by atoms with Crippen LogP contribution in [-0.2, 0) is 37.1 Å². The Balaban J connectivity index is 2.03. The predicted molar refractivity (Wildman–Crippen MR) is 114 cm³/mol. The number of carbonyl (C=O) groups is 3. The van der Waals surface area contributed by atoms with Gasteiger partial charge in [-0.2, -0.15) is 4.36 Å². The molecular formula is C20H23N5O5S. The molecule has 1 aromatic carbocycles. The third kappa shape index (κ3) is 5.05. The normalized spacial score (nSPS) is 14.7. The van der Waals surface area contributed by atoms with Crippen molar-refractivity contribution in [2.45, 2.75) is 44.3 Å². The highest BCUT2D eigenvalue weighted by molar-refractivity contribution is 7.93. The molecule has 1 aliphatic heterocycles. The molecule has 3 rings (SSSR count). The zero-order chi connectivity index (χ0) is 22.6. The van der Waals surface area contributed by atoms with Crippen LogP contribution in [-0.4, -0.2) is 42.8 Å². The lowest BCUT2D eigenvalue weighted by Crippen LogP contribution is -2.27. The highest BCUT2D eigenvalue weighted by Crippen LogP contribution is 2.33. The number of carboxylic acid groups (broad SMARTS) is 1. The summed E-state index contributed by atoms with van der Waals surface area (Å²) in [6, 6.07) is 9.31. The summed E-state index contributed by atoms with van der Waals surface area (Å²) in [6.45, 7) is 2.02. The SMILES string of the molecule is CCCS(=O)(=NC(=O)CCC(=O)O)c1nc(N)c2c(n1)N(Cc1ccccc1)C(=O)C2. The average Bonchev–Trinajstić information content (AvgIpc) is 3.03. The van der Waals surface area contributed by atoms with Crippen molar-refractivity contribution < 1.29 is 23.7 Å². The van der Waals surface area contributed by atoms with Crippen LogP contribution in [0.4, 0.5) is 11.6 Å². The molecule has 10 nitrogen and oxygen atoms in total. The minimum Gasteiger partial charge on any atom is -0.481 e. The van der Waals surface area contributed by atoms with Crippen molar-refractivity contribution in [2.24, 2.45) is 4.36 Å². The Morgan fingerprint density at radius 3 is 2.58 bits per heavy atom. The number of carboxylic acids is 1. The quantitative estimate of drug-likeness (QED) is 0.582. The van der Waals surface area contributed by atoms with Gasteiger partial charge in [0.2, 0.25) is 11.1 Å². The second kappa shape index (κ2) is 9.21. The van der Waals surface area contributed by atoms with Gasteiger partial charge >= 0.3 is 5.97 Å². The highest BCUT2D eigenvalue weighted by Gasteiger charge is 2.33. The first kappa shape index (κ1) is 22.3. The molecule has 1 aliphatic rings. The number of rotatable bonds is 8. The Kier molecular flexibility index (Phi) is 6.64. The van der Waals surface area contributed by atoms with Crippen molar-refractivity contribution in [1.29, 1.82) is 0 Å². The number of nitrogens with two attached hydrogens (primary N) is 1. The maximum atomic E-state index is 13.5. The van der Waals surface area contributed by atoms with Crippen LogP contribution < -0.4 is 10.6 Å². The molecule has 2 amide bonds. The zero-order valence-electron chi connectivity index (χ0n) is 17.0. The van der Waals surface area contributed by atoms with Gasteiger partial charge < -0.3 is 10.8 Å². The van der Waals surface area contributed by atoms with E-state index in [-0.39, 0.29) is 47.8 Å². The Bertz CT molecular complexity index is 1140. The van der Waals surface area contributed by atoms with Crippen LogP contribution in [0.2, 0.25) is 0 Å². The Morgan fingerprint density at radius 2 is 1.94 bits per heavy atom. The van der Waals surface area contributed by atoms with Gasteiger partial charge in [-0.3, -0.25) is 19.3 Å². The number of nitrogen functional groups attached to an aromatic ring is 1. The topological polar surface area (TPSA) is 156 Å². The molecule has 11 heteroatoms. The molecular weight excluding hydrogens is 422 g/mol. The number of anilines is 2. The molecule has 2 aromatic rings. The van der Waals surface area contributed by atoms with E-state index in [4.69, 9.17) is 10.8 Å². The summed E-state index contributed by atoms with van der Waals surface area (Å²) in [5, 5.41) is 8.53. The number of amides is 2. The Labute approximate surface area is 179 Å². The molecule has 31 heavy (non-hydrogen) atoms. The first-order valence-electron chi connectivity index (χ1n) is 9.73. The number of hydrogen-bond donors (Lipinski definition) is 2. The number of aromatic nitrogens is 2. The fourth-order valence-electron chi connectivity index (χ4n) is 3.18. The lowest BCUT2D eigenvalue weighted by atomic mass is 10.2. The van der Waals surface area contributed by atoms with Crippen LogP contribution in [0.15, 0.2) is 39.9 Å². The lowest BCUT2D eigenvalue weighted by molar-refractivity contribution is -0.138. The van der Waals surface area contributed by atoms with E-state index in [0.29, 0.717) is 12.0 Å². The highest BCUT2D eigenvalue weighted by atomic mass is 32.2. The molecule has 0 spiro atoms. The molecule has 0 bridgehead atoms. The summed E-state index contributed by atoms with van der Waals surface area (Å²) in [7, 11) is -3.38. The average molecular weight is 446 g/mol. The Morgan fingerprint density at radius 1 is 1.23 bits per heavy atom. The van der Waals surface area contributed by atoms with E-state index >= 15 is 0 Å². The van der Waals surface area contributed by atoms with Gasteiger partial charge in [-0.05, 0) is 12.0 Å². The van der Waals surface area contributed by atoms with E-state index in [9.17, 15) is 18.6 Å². The molecule has 0 saturated carbocycles. The van der Waals surface area contributed by atoms with E-state index in [1.807, 2.05) is 30.3 Å². The monoisotopic (exact) mass is 445 g/mol. The van der Waals surface area contributed by atoms with Crippen molar-refractivity contribution in [2.75, 3.05) is 16.4 Å². The molecule has 0 saturated heterocycles. The van der Waals surface area contributed by atoms with Gasteiger partial charge in [-0.25, -0.2) is 14.2 Å². The Hall–Kier alpha value is -3.34. The van der Waals surface area contributed by atoms with Crippen molar-refractivity contribution >= 4 is 39.1 Å². The molecule has 0 radical (unpaired) electrons. The van der Waals surface area contributed by atoms with Crippen molar-refractivity contribution in [3.8, 4) is 0 Å². The molecule has 1 aromatic heterocycles. The maximum Gasteiger partial charge on any atom is 0.303 e. The van der Waals surface area contributed by atoms with Crippen LogP contribution in [0, 0.1) is 0 Å². The summed E-state index contributed by atoms with van der Waals surface area (Å²) >= 11 is 0. The first-order valence-corrected chi connectivity index (χ1v) is 11.4. The van der Waals surface area contributed by atoms with E-state index in [1.165, 1.54) is 4.90 Å². The third-order valence-corrected chi connectivity index (χ3v) is 6.85. The number of aliphatic carboxylic acids is 1. The molecule has 1 unspecified atom stereocenters. The maximum absolute atomic E-state index is 13.5. The van der Waals surface area contributed by atoms with Gasteiger partial charge in [0.05, 0.1) is 19.4 Å². The van der Waals surface area contributed by atoms with Crippen LogP contribution in [0.5, 0.6) is 0 Å². The molecule has 164 valence electrons. The van der Waals surface area contributed by atoms with Gasteiger partial charge in [0.1, 0.15) is 21.4 Å².